The minimum atomic E-state index is -0.554. The number of rotatable bonds is 4. The van der Waals surface area contributed by atoms with E-state index in [9.17, 15) is 4.79 Å². The van der Waals surface area contributed by atoms with Crippen molar-refractivity contribution in [2.24, 2.45) is 0 Å². The van der Waals surface area contributed by atoms with Gasteiger partial charge in [-0.05, 0) is 45.4 Å². The van der Waals surface area contributed by atoms with Crippen LogP contribution in [0.4, 0.5) is 4.79 Å². The van der Waals surface area contributed by atoms with Gasteiger partial charge in [-0.2, -0.15) is 4.98 Å². The normalized spacial score (nSPS) is 12.7. The molecule has 23 heavy (non-hydrogen) atoms. The number of carbonyl (C=O) groups is 1. The summed E-state index contributed by atoms with van der Waals surface area (Å²) in [7, 11) is 0. The quantitative estimate of drug-likeness (QED) is 0.844. The first-order valence-electron chi connectivity index (χ1n) is 7.37. The number of amides is 1. The SMILES string of the molecule is CCC(NC(=O)OC(C)(C)C)c1noc(-c2cccc(Br)c2)n1. The lowest BCUT2D eigenvalue weighted by atomic mass is 10.2. The van der Waals surface area contributed by atoms with Crippen molar-refractivity contribution in [1.29, 1.82) is 0 Å². The lowest BCUT2D eigenvalue weighted by Crippen LogP contribution is -2.35. The molecule has 1 amide bonds. The van der Waals surface area contributed by atoms with Gasteiger partial charge in [-0.25, -0.2) is 4.79 Å². The van der Waals surface area contributed by atoms with Gasteiger partial charge in [0.1, 0.15) is 5.60 Å². The van der Waals surface area contributed by atoms with Gasteiger partial charge in [0, 0.05) is 10.0 Å². The zero-order chi connectivity index (χ0) is 17.0. The average Bonchev–Trinajstić information content (AvgIpc) is 2.92. The van der Waals surface area contributed by atoms with E-state index in [2.05, 4.69) is 31.4 Å². The molecule has 2 aromatic rings. The Morgan fingerprint density at radius 3 is 2.78 bits per heavy atom. The summed E-state index contributed by atoms with van der Waals surface area (Å²) in [5.74, 6) is 0.832. The molecule has 0 radical (unpaired) electrons. The number of nitrogens with zero attached hydrogens (tertiary/aromatic N) is 2. The van der Waals surface area contributed by atoms with Gasteiger partial charge < -0.3 is 14.6 Å². The van der Waals surface area contributed by atoms with Crippen molar-refractivity contribution in [1.82, 2.24) is 15.5 Å². The summed E-state index contributed by atoms with van der Waals surface area (Å²) in [5, 5.41) is 6.73. The van der Waals surface area contributed by atoms with Crippen LogP contribution in [0.5, 0.6) is 0 Å². The second kappa shape index (κ2) is 7.12. The minimum absolute atomic E-state index is 0.366. The van der Waals surface area contributed by atoms with Crippen LogP contribution >= 0.6 is 15.9 Å². The third kappa shape index (κ3) is 5.06. The Morgan fingerprint density at radius 2 is 2.17 bits per heavy atom. The van der Waals surface area contributed by atoms with Crippen molar-refractivity contribution in [2.75, 3.05) is 0 Å². The van der Waals surface area contributed by atoms with E-state index >= 15 is 0 Å². The fourth-order valence-electron chi connectivity index (χ4n) is 1.91. The molecule has 1 aromatic carbocycles. The van der Waals surface area contributed by atoms with Crippen molar-refractivity contribution < 1.29 is 14.1 Å². The van der Waals surface area contributed by atoms with Crippen LogP contribution in [0.25, 0.3) is 11.5 Å². The maximum absolute atomic E-state index is 11.9. The van der Waals surface area contributed by atoms with Crippen molar-refractivity contribution in [3.63, 3.8) is 0 Å². The summed E-state index contributed by atoms with van der Waals surface area (Å²) >= 11 is 3.41. The highest BCUT2D eigenvalue weighted by Gasteiger charge is 2.23. The van der Waals surface area contributed by atoms with E-state index < -0.39 is 11.7 Å². The predicted octanol–water partition coefficient (Wildman–Crippen LogP) is 4.47. The summed E-state index contributed by atoms with van der Waals surface area (Å²) in [6.07, 6.45) is 0.120. The Bertz CT molecular complexity index is 679. The maximum Gasteiger partial charge on any atom is 0.408 e. The molecule has 0 spiro atoms. The van der Waals surface area contributed by atoms with Gasteiger partial charge in [0.05, 0.1) is 6.04 Å². The van der Waals surface area contributed by atoms with Crippen LogP contribution in [-0.2, 0) is 4.74 Å². The number of halogens is 1. The highest BCUT2D eigenvalue weighted by Crippen LogP contribution is 2.23. The van der Waals surface area contributed by atoms with Crippen LogP contribution in [0.1, 0.15) is 46.0 Å². The molecule has 0 saturated carbocycles. The van der Waals surface area contributed by atoms with Gasteiger partial charge in [0.25, 0.3) is 5.89 Å². The molecule has 1 aromatic heterocycles. The van der Waals surface area contributed by atoms with Crippen molar-refractivity contribution in [2.45, 2.75) is 45.8 Å². The highest BCUT2D eigenvalue weighted by atomic mass is 79.9. The molecule has 1 atom stereocenters. The van der Waals surface area contributed by atoms with E-state index in [0.717, 1.165) is 10.0 Å². The number of carbonyl (C=O) groups excluding carboxylic acids is 1. The van der Waals surface area contributed by atoms with Gasteiger partial charge in [0.15, 0.2) is 5.82 Å². The van der Waals surface area contributed by atoms with E-state index in [1.165, 1.54) is 0 Å². The summed E-state index contributed by atoms with van der Waals surface area (Å²) < 4.78 is 11.5. The number of ether oxygens (including phenoxy) is 1. The maximum atomic E-state index is 11.9. The second-order valence-corrected chi connectivity index (χ2v) is 6.99. The molecule has 124 valence electrons. The van der Waals surface area contributed by atoms with Crippen molar-refractivity contribution >= 4 is 22.0 Å². The van der Waals surface area contributed by atoms with Crippen LogP contribution in [0.3, 0.4) is 0 Å². The van der Waals surface area contributed by atoms with Crippen LogP contribution in [-0.4, -0.2) is 21.8 Å². The molecule has 0 aliphatic heterocycles. The molecular weight excluding hydrogens is 362 g/mol. The molecule has 0 saturated heterocycles. The highest BCUT2D eigenvalue weighted by molar-refractivity contribution is 9.10. The smallest absolute Gasteiger partial charge is 0.408 e. The Hall–Kier alpha value is -1.89. The third-order valence-electron chi connectivity index (χ3n) is 2.92. The molecule has 0 aliphatic carbocycles. The minimum Gasteiger partial charge on any atom is -0.444 e. The third-order valence-corrected chi connectivity index (χ3v) is 3.42. The molecule has 0 aliphatic rings. The monoisotopic (exact) mass is 381 g/mol. The van der Waals surface area contributed by atoms with E-state index in [1.807, 2.05) is 52.0 Å². The summed E-state index contributed by atoms with van der Waals surface area (Å²) in [6.45, 7) is 7.37. The first-order valence-corrected chi connectivity index (χ1v) is 8.17. The lowest BCUT2D eigenvalue weighted by Gasteiger charge is -2.21. The largest absolute Gasteiger partial charge is 0.444 e. The number of aromatic nitrogens is 2. The summed E-state index contributed by atoms with van der Waals surface area (Å²) in [5.41, 5.74) is 0.256. The lowest BCUT2D eigenvalue weighted by molar-refractivity contribution is 0.0499. The van der Waals surface area contributed by atoms with Gasteiger partial charge in [-0.3, -0.25) is 0 Å². The summed E-state index contributed by atoms with van der Waals surface area (Å²) in [4.78, 5) is 16.3. The molecule has 6 nitrogen and oxygen atoms in total. The van der Waals surface area contributed by atoms with Gasteiger partial charge in [-0.15, -0.1) is 0 Å². The van der Waals surface area contributed by atoms with Crippen molar-refractivity contribution in [3.8, 4) is 11.5 Å². The molecular formula is C16H20BrN3O3. The van der Waals surface area contributed by atoms with Gasteiger partial charge >= 0.3 is 6.09 Å². The Morgan fingerprint density at radius 1 is 1.43 bits per heavy atom. The van der Waals surface area contributed by atoms with Gasteiger partial charge in [0.2, 0.25) is 0 Å². The Kier molecular flexibility index (Phi) is 5.41. The zero-order valence-electron chi connectivity index (χ0n) is 13.6. The molecule has 0 fully saturated rings. The number of alkyl carbamates (subject to hydrolysis) is 1. The van der Waals surface area contributed by atoms with Crippen LogP contribution in [0.2, 0.25) is 0 Å². The van der Waals surface area contributed by atoms with Gasteiger partial charge in [-0.1, -0.05) is 34.1 Å². The zero-order valence-corrected chi connectivity index (χ0v) is 15.2. The predicted molar refractivity (Wildman–Crippen MR) is 89.8 cm³/mol. The molecule has 1 unspecified atom stereocenters. The average molecular weight is 382 g/mol. The standard InChI is InChI=1S/C16H20BrN3O3/c1-5-12(18-15(21)22-16(2,3)4)13-19-14(23-20-13)10-7-6-8-11(17)9-10/h6-9,12H,5H2,1-4H3,(H,18,21). The fraction of sp³-hybridized carbons (Fsp3) is 0.438. The van der Waals surface area contributed by atoms with E-state index in [0.29, 0.717) is 18.1 Å². The number of hydrogen-bond donors (Lipinski definition) is 1. The molecule has 2 rings (SSSR count). The topological polar surface area (TPSA) is 77.2 Å². The Labute approximate surface area is 143 Å². The molecule has 1 N–H and O–H groups in total. The number of benzene rings is 1. The summed E-state index contributed by atoms with van der Waals surface area (Å²) in [6, 6.07) is 7.21. The van der Waals surface area contributed by atoms with Crippen LogP contribution < -0.4 is 5.32 Å². The fourth-order valence-corrected chi connectivity index (χ4v) is 2.31. The van der Waals surface area contributed by atoms with Crippen LogP contribution in [0, 0.1) is 0 Å². The van der Waals surface area contributed by atoms with E-state index in [4.69, 9.17) is 9.26 Å². The van der Waals surface area contributed by atoms with Crippen LogP contribution in [0.15, 0.2) is 33.3 Å². The molecule has 7 heteroatoms. The molecule has 0 bridgehead atoms. The molecule has 1 heterocycles. The first-order chi connectivity index (χ1) is 10.8. The first kappa shape index (κ1) is 17.5. The number of hydrogen-bond acceptors (Lipinski definition) is 5. The second-order valence-electron chi connectivity index (χ2n) is 6.08. The van der Waals surface area contributed by atoms with E-state index in [1.54, 1.807) is 0 Å². The number of nitrogens with one attached hydrogen (secondary N) is 1. The van der Waals surface area contributed by atoms with E-state index in [-0.39, 0.29) is 6.04 Å². The van der Waals surface area contributed by atoms with Crippen molar-refractivity contribution in [3.05, 3.63) is 34.6 Å². The Balaban J connectivity index is 2.12.